The minimum absolute atomic E-state index is 0.0365. The second-order valence-corrected chi connectivity index (χ2v) is 9.41. The van der Waals surface area contributed by atoms with Gasteiger partial charge in [-0.1, -0.05) is 49.3 Å². The fourth-order valence-electron chi connectivity index (χ4n) is 4.16. The van der Waals surface area contributed by atoms with Crippen LogP contribution in [0.4, 0.5) is 0 Å². The summed E-state index contributed by atoms with van der Waals surface area (Å²) in [4.78, 5) is 28.8. The van der Waals surface area contributed by atoms with Crippen molar-refractivity contribution in [2.75, 3.05) is 20.1 Å². The van der Waals surface area contributed by atoms with Gasteiger partial charge in [0.15, 0.2) is 0 Å². The lowest BCUT2D eigenvalue weighted by Gasteiger charge is -2.27. The summed E-state index contributed by atoms with van der Waals surface area (Å²) in [5, 5.41) is 8.86. The van der Waals surface area contributed by atoms with Gasteiger partial charge in [-0.25, -0.2) is 0 Å². The molecule has 3 heterocycles. The number of carbonyl (C=O) groups is 2. The van der Waals surface area contributed by atoms with Crippen molar-refractivity contribution in [1.82, 2.24) is 15.4 Å². The number of nitrogens with zero attached hydrogens (tertiary/aromatic N) is 2. The molecule has 1 atom stereocenters. The average Bonchev–Trinajstić information content (AvgIpc) is 3.54. The number of thiophene rings is 1. The molecule has 0 aliphatic carbocycles. The molecule has 4 rings (SSSR count). The molecule has 0 radical (unpaired) electrons. The molecule has 6 nitrogen and oxygen atoms in total. The van der Waals surface area contributed by atoms with Gasteiger partial charge in [0.2, 0.25) is 11.7 Å². The van der Waals surface area contributed by atoms with Gasteiger partial charge in [0.1, 0.15) is 0 Å². The van der Waals surface area contributed by atoms with E-state index in [0.717, 1.165) is 11.3 Å². The highest BCUT2D eigenvalue weighted by atomic mass is 32.1. The summed E-state index contributed by atoms with van der Waals surface area (Å²) in [6, 6.07) is 14.2. The number of benzene rings is 1. The van der Waals surface area contributed by atoms with Crippen LogP contribution in [0.15, 0.2) is 52.4 Å². The Bertz CT molecular complexity index is 1060. The van der Waals surface area contributed by atoms with E-state index < -0.39 is 5.41 Å². The van der Waals surface area contributed by atoms with Crippen molar-refractivity contribution < 1.29 is 14.1 Å². The number of hydrogen-bond donors (Lipinski definition) is 1. The first-order chi connectivity index (χ1) is 14.9. The van der Waals surface area contributed by atoms with Gasteiger partial charge in [-0.05, 0) is 41.3 Å². The highest BCUT2D eigenvalue weighted by molar-refractivity contribution is 7.13. The normalized spacial score (nSPS) is 18.5. The second kappa shape index (κ2) is 8.67. The second-order valence-electron chi connectivity index (χ2n) is 8.46. The standard InChI is InChI=1S/C24H27N3O3S/c1-16(2)19-13-20(30-26-19)22(28)27-11-10-24(15-27,23(29)25-3)14-17-6-8-18(9-7-17)21-5-4-12-31-21/h4-9,12-13,16H,10-11,14-15H2,1-3H3,(H,25,29)/t24-/m1/s1. The van der Waals surface area contributed by atoms with Gasteiger partial charge in [-0.2, -0.15) is 0 Å². The summed E-state index contributed by atoms with van der Waals surface area (Å²) in [6.07, 6.45) is 1.19. The molecule has 162 valence electrons. The topological polar surface area (TPSA) is 75.4 Å². The van der Waals surface area contributed by atoms with E-state index in [0.29, 0.717) is 25.9 Å². The summed E-state index contributed by atoms with van der Waals surface area (Å²) in [5.74, 6) is 0.173. The molecule has 31 heavy (non-hydrogen) atoms. The highest BCUT2D eigenvalue weighted by Gasteiger charge is 2.46. The maximum absolute atomic E-state index is 13.0. The molecule has 1 saturated heterocycles. The number of rotatable bonds is 6. The molecule has 0 bridgehead atoms. The number of amides is 2. The summed E-state index contributed by atoms with van der Waals surface area (Å²) in [5.41, 5.74) is 2.35. The Morgan fingerprint density at radius 1 is 1.26 bits per heavy atom. The third-order valence-electron chi connectivity index (χ3n) is 5.98. The van der Waals surface area contributed by atoms with Crippen LogP contribution >= 0.6 is 11.3 Å². The van der Waals surface area contributed by atoms with E-state index >= 15 is 0 Å². The van der Waals surface area contributed by atoms with Crippen molar-refractivity contribution in [1.29, 1.82) is 0 Å². The van der Waals surface area contributed by atoms with Crippen molar-refractivity contribution in [3.05, 3.63) is 64.9 Å². The van der Waals surface area contributed by atoms with Crippen LogP contribution in [0.5, 0.6) is 0 Å². The van der Waals surface area contributed by atoms with E-state index in [9.17, 15) is 9.59 Å². The first-order valence-electron chi connectivity index (χ1n) is 10.5. The molecule has 1 aromatic carbocycles. The Balaban J connectivity index is 1.52. The molecule has 1 aliphatic rings. The maximum Gasteiger partial charge on any atom is 0.292 e. The van der Waals surface area contributed by atoms with Gasteiger partial charge in [-0.3, -0.25) is 9.59 Å². The molecular formula is C24H27N3O3S. The zero-order chi connectivity index (χ0) is 22.0. The third kappa shape index (κ3) is 4.28. The van der Waals surface area contributed by atoms with E-state index in [1.807, 2.05) is 19.9 Å². The van der Waals surface area contributed by atoms with Crippen LogP contribution in [-0.2, 0) is 11.2 Å². The molecule has 1 N–H and O–H groups in total. The highest BCUT2D eigenvalue weighted by Crippen LogP contribution is 2.36. The molecule has 7 heteroatoms. The SMILES string of the molecule is CNC(=O)[C@@]1(Cc2ccc(-c3cccs3)cc2)CCN(C(=O)c2cc(C(C)C)no2)C1. The van der Waals surface area contributed by atoms with Crippen LogP contribution in [0.3, 0.4) is 0 Å². The molecule has 1 aliphatic heterocycles. The van der Waals surface area contributed by atoms with E-state index in [2.05, 4.69) is 46.2 Å². The summed E-state index contributed by atoms with van der Waals surface area (Å²) in [7, 11) is 1.65. The predicted octanol–water partition coefficient (Wildman–Crippen LogP) is 4.35. The lowest BCUT2D eigenvalue weighted by molar-refractivity contribution is -0.129. The minimum atomic E-state index is -0.657. The van der Waals surface area contributed by atoms with Crippen LogP contribution in [0.2, 0.25) is 0 Å². The summed E-state index contributed by atoms with van der Waals surface area (Å²) in [6.45, 7) is 4.87. The van der Waals surface area contributed by atoms with E-state index in [-0.39, 0.29) is 23.5 Å². The molecule has 2 amide bonds. The first-order valence-corrected chi connectivity index (χ1v) is 11.4. The van der Waals surface area contributed by atoms with Gasteiger partial charge in [0.05, 0.1) is 11.1 Å². The van der Waals surface area contributed by atoms with Crippen molar-refractivity contribution in [2.24, 2.45) is 5.41 Å². The molecule has 1 fully saturated rings. The van der Waals surface area contributed by atoms with Gasteiger partial charge in [-0.15, -0.1) is 11.3 Å². The van der Waals surface area contributed by atoms with Crippen LogP contribution in [0.25, 0.3) is 10.4 Å². The van der Waals surface area contributed by atoms with Crippen LogP contribution in [0.1, 0.15) is 48.0 Å². The van der Waals surface area contributed by atoms with Gasteiger partial charge in [0, 0.05) is 31.1 Å². The van der Waals surface area contributed by atoms with Gasteiger partial charge < -0.3 is 14.7 Å². The average molecular weight is 438 g/mol. The van der Waals surface area contributed by atoms with Crippen LogP contribution in [0, 0.1) is 5.41 Å². The number of likely N-dealkylation sites (tertiary alicyclic amines) is 1. The van der Waals surface area contributed by atoms with E-state index in [4.69, 9.17) is 4.52 Å². The molecular weight excluding hydrogens is 410 g/mol. The Morgan fingerprint density at radius 2 is 2.03 bits per heavy atom. The monoisotopic (exact) mass is 437 g/mol. The fourth-order valence-corrected chi connectivity index (χ4v) is 4.89. The molecule has 0 saturated carbocycles. The smallest absolute Gasteiger partial charge is 0.292 e. The fraction of sp³-hybridized carbons (Fsp3) is 0.375. The Hall–Kier alpha value is -2.93. The number of carbonyl (C=O) groups excluding carboxylic acids is 2. The van der Waals surface area contributed by atoms with Crippen LogP contribution in [-0.4, -0.2) is 42.0 Å². The van der Waals surface area contributed by atoms with Crippen molar-refractivity contribution >= 4 is 23.2 Å². The number of nitrogens with one attached hydrogen (secondary N) is 1. The van der Waals surface area contributed by atoms with Crippen molar-refractivity contribution in [3.8, 4) is 10.4 Å². The Morgan fingerprint density at radius 3 is 2.65 bits per heavy atom. The zero-order valence-corrected chi connectivity index (χ0v) is 18.9. The van der Waals surface area contributed by atoms with E-state index in [1.165, 1.54) is 10.4 Å². The lowest BCUT2D eigenvalue weighted by atomic mass is 9.79. The maximum atomic E-state index is 13.0. The zero-order valence-electron chi connectivity index (χ0n) is 18.1. The molecule has 2 aromatic heterocycles. The Kier molecular flexibility index (Phi) is 5.96. The Labute approximate surface area is 186 Å². The predicted molar refractivity (Wildman–Crippen MR) is 121 cm³/mol. The van der Waals surface area contributed by atoms with Gasteiger partial charge >= 0.3 is 0 Å². The minimum Gasteiger partial charge on any atom is -0.359 e. The molecule has 3 aromatic rings. The number of hydrogen-bond acceptors (Lipinski definition) is 5. The third-order valence-corrected chi connectivity index (χ3v) is 6.90. The van der Waals surface area contributed by atoms with Crippen LogP contribution < -0.4 is 5.32 Å². The van der Waals surface area contributed by atoms with Crippen molar-refractivity contribution in [3.63, 3.8) is 0 Å². The largest absolute Gasteiger partial charge is 0.359 e. The van der Waals surface area contributed by atoms with E-state index in [1.54, 1.807) is 29.4 Å². The first kappa shape index (κ1) is 21.3. The lowest BCUT2D eigenvalue weighted by Crippen LogP contribution is -2.44. The quantitative estimate of drug-likeness (QED) is 0.622. The van der Waals surface area contributed by atoms with Crippen molar-refractivity contribution in [2.45, 2.75) is 32.6 Å². The van der Waals surface area contributed by atoms with Gasteiger partial charge in [0.25, 0.3) is 5.91 Å². The summed E-state index contributed by atoms with van der Waals surface area (Å²) >= 11 is 1.71. The number of aromatic nitrogens is 1. The molecule has 0 spiro atoms. The summed E-state index contributed by atoms with van der Waals surface area (Å²) < 4.78 is 5.28. The molecule has 0 unspecified atom stereocenters.